The molecule has 0 amide bonds. The molecule has 140 valence electrons. The predicted octanol–water partition coefficient (Wildman–Crippen LogP) is 2.45. The molecule has 2 heterocycles. The SMILES string of the molecule is Cc1cc(C)c2c(C[NH+]3CCN(c4ccc(F)cc4)CC3)cc(=O)oc2c1. The molecule has 4 nitrogen and oxygen atoms in total. The van der Waals surface area contributed by atoms with Gasteiger partial charge in [-0.2, -0.15) is 0 Å². The van der Waals surface area contributed by atoms with Gasteiger partial charge in [0, 0.05) is 22.7 Å². The third-order valence-electron chi connectivity index (χ3n) is 5.37. The number of hydrogen-bond donors (Lipinski definition) is 1. The lowest BCUT2D eigenvalue weighted by molar-refractivity contribution is -0.914. The van der Waals surface area contributed by atoms with Gasteiger partial charge < -0.3 is 14.2 Å². The maximum absolute atomic E-state index is 13.1. The maximum Gasteiger partial charge on any atom is 0.336 e. The van der Waals surface area contributed by atoms with Crippen LogP contribution in [0.3, 0.4) is 0 Å². The van der Waals surface area contributed by atoms with Crippen LogP contribution in [0.25, 0.3) is 11.0 Å². The van der Waals surface area contributed by atoms with Crippen LogP contribution in [0.1, 0.15) is 16.7 Å². The van der Waals surface area contributed by atoms with Gasteiger partial charge in [-0.3, -0.25) is 0 Å². The molecular formula is C22H24FN2O2+. The Hall–Kier alpha value is -2.66. The van der Waals surface area contributed by atoms with Crippen LogP contribution in [0, 0.1) is 19.7 Å². The summed E-state index contributed by atoms with van der Waals surface area (Å²) < 4.78 is 18.6. The molecule has 1 fully saturated rings. The van der Waals surface area contributed by atoms with E-state index < -0.39 is 0 Å². The molecule has 4 rings (SSSR count). The van der Waals surface area contributed by atoms with E-state index in [1.54, 1.807) is 6.07 Å². The number of fused-ring (bicyclic) bond motifs is 1. The zero-order chi connectivity index (χ0) is 19.0. The Balaban J connectivity index is 1.52. The highest BCUT2D eigenvalue weighted by atomic mass is 19.1. The quantitative estimate of drug-likeness (QED) is 0.723. The van der Waals surface area contributed by atoms with Crippen molar-refractivity contribution in [3.8, 4) is 0 Å². The van der Waals surface area contributed by atoms with E-state index in [4.69, 9.17) is 4.42 Å². The van der Waals surface area contributed by atoms with E-state index in [-0.39, 0.29) is 11.4 Å². The fourth-order valence-corrected chi connectivity index (χ4v) is 4.09. The predicted molar refractivity (Wildman–Crippen MR) is 105 cm³/mol. The van der Waals surface area contributed by atoms with Crippen molar-refractivity contribution in [2.75, 3.05) is 31.1 Å². The second kappa shape index (κ2) is 7.16. The Labute approximate surface area is 157 Å². The second-order valence-electron chi connectivity index (χ2n) is 7.44. The van der Waals surface area contributed by atoms with E-state index in [9.17, 15) is 9.18 Å². The van der Waals surface area contributed by atoms with Crippen LogP contribution in [-0.2, 0) is 6.54 Å². The molecule has 1 saturated heterocycles. The van der Waals surface area contributed by atoms with Crippen LogP contribution in [0.15, 0.2) is 51.7 Å². The summed E-state index contributed by atoms with van der Waals surface area (Å²) in [7, 11) is 0. The number of piperazine rings is 1. The smallest absolute Gasteiger partial charge is 0.336 e. The number of halogens is 1. The fraction of sp³-hybridized carbons (Fsp3) is 0.318. The van der Waals surface area contributed by atoms with Crippen molar-refractivity contribution < 1.29 is 13.7 Å². The fourth-order valence-electron chi connectivity index (χ4n) is 4.09. The number of anilines is 1. The van der Waals surface area contributed by atoms with E-state index in [0.717, 1.165) is 60.5 Å². The summed E-state index contributed by atoms with van der Waals surface area (Å²) in [5.74, 6) is -0.205. The summed E-state index contributed by atoms with van der Waals surface area (Å²) in [6.45, 7) is 8.67. The van der Waals surface area contributed by atoms with Crippen molar-refractivity contribution in [2.24, 2.45) is 0 Å². The number of rotatable bonds is 3. The molecule has 1 aromatic heterocycles. The summed E-state index contributed by atoms with van der Waals surface area (Å²) in [5, 5.41) is 1.06. The van der Waals surface area contributed by atoms with Crippen molar-refractivity contribution in [1.82, 2.24) is 0 Å². The topological polar surface area (TPSA) is 37.9 Å². The molecule has 0 atom stereocenters. The van der Waals surface area contributed by atoms with E-state index in [1.165, 1.54) is 17.0 Å². The monoisotopic (exact) mass is 367 g/mol. The molecule has 1 aliphatic heterocycles. The van der Waals surface area contributed by atoms with E-state index >= 15 is 0 Å². The normalized spacial score (nSPS) is 15.4. The van der Waals surface area contributed by atoms with Gasteiger partial charge in [0.05, 0.1) is 26.2 Å². The Morgan fingerprint density at radius 2 is 1.78 bits per heavy atom. The number of benzene rings is 2. The van der Waals surface area contributed by atoms with Crippen LogP contribution in [0.2, 0.25) is 0 Å². The van der Waals surface area contributed by atoms with Crippen LogP contribution < -0.4 is 15.4 Å². The molecule has 0 bridgehead atoms. The van der Waals surface area contributed by atoms with Gasteiger partial charge in [-0.05, 0) is 55.3 Å². The Morgan fingerprint density at radius 1 is 1.07 bits per heavy atom. The van der Waals surface area contributed by atoms with E-state index in [0.29, 0.717) is 5.58 Å². The van der Waals surface area contributed by atoms with Crippen LogP contribution in [0.5, 0.6) is 0 Å². The van der Waals surface area contributed by atoms with Crippen molar-refractivity contribution in [3.63, 3.8) is 0 Å². The number of nitrogens with one attached hydrogen (secondary N) is 1. The lowest BCUT2D eigenvalue weighted by atomic mass is 10.0. The first-order valence-corrected chi connectivity index (χ1v) is 9.38. The van der Waals surface area contributed by atoms with E-state index in [1.807, 2.05) is 25.1 Å². The minimum absolute atomic E-state index is 0.205. The van der Waals surface area contributed by atoms with Gasteiger partial charge in [0.1, 0.15) is 17.9 Å². The number of quaternary nitrogens is 1. The zero-order valence-corrected chi connectivity index (χ0v) is 15.7. The van der Waals surface area contributed by atoms with Crippen LogP contribution in [-0.4, -0.2) is 26.2 Å². The zero-order valence-electron chi connectivity index (χ0n) is 15.7. The first-order chi connectivity index (χ1) is 13.0. The summed E-state index contributed by atoms with van der Waals surface area (Å²) in [4.78, 5) is 15.7. The lowest BCUT2D eigenvalue weighted by Crippen LogP contribution is -3.13. The lowest BCUT2D eigenvalue weighted by Gasteiger charge is -2.33. The van der Waals surface area contributed by atoms with Crippen LogP contribution in [0.4, 0.5) is 10.1 Å². The van der Waals surface area contributed by atoms with Gasteiger partial charge in [0.15, 0.2) is 0 Å². The first kappa shape index (κ1) is 17.7. The summed E-state index contributed by atoms with van der Waals surface area (Å²) in [5.41, 5.74) is 4.76. The van der Waals surface area contributed by atoms with Crippen molar-refractivity contribution in [2.45, 2.75) is 20.4 Å². The molecule has 0 spiro atoms. The highest BCUT2D eigenvalue weighted by Crippen LogP contribution is 2.22. The number of aryl methyl sites for hydroxylation is 2. The van der Waals surface area contributed by atoms with Gasteiger partial charge in [-0.15, -0.1) is 0 Å². The molecular weight excluding hydrogens is 343 g/mol. The van der Waals surface area contributed by atoms with Gasteiger partial charge >= 0.3 is 5.63 Å². The summed E-state index contributed by atoms with van der Waals surface area (Å²) >= 11 is 0. The Kier molecular flexibility index (Phi) is 4.70. The number of hydrogen-bond acceptors (Lipinski definition) is 3. The molecule has 27 heavy (non-hydrogen) atoms. The van der Waals surface area contributed by atoms with Gasteiger partial charge in [-0.25, -0.2) is 9.18 Å². The average molecular weight is 367 g/mol. The van der Waals surface area contributed by atoms with Crippen molar-refractivity contribution in [3.05, 3.63) is 75.4 Å². The molecule has 1 aliphatic rings. The standard InChI is InChI=1S/C22H23FN2O2/c1-15-11-16(2)22-17(13-21(26)27-20(22)12-15)14-24-7-9-25(10-8-24)19-5-3-18(23)4-6-19/h3-6,11-13H,7-10,14H2,1-2H3/p+1. The molecule has 0 aliphatic carbocycles. The largest absolute Gasteiger partial charge is 0.423 e. The van der Waals surface area contributed by atoms with Crippen molar-refractivity contribution >= 4 is 16.7 Å². The van der Waals surface area contributed by atoms with Gasteiger partial charge in [0.2, 0.25) is 0 Å². The Bertz CT molecular complexity index is 1020. The van der Waals surface area contributed by atoms with Gasteiger partial charge in [-0.1, -0.05) is 6.07 Å². The molecule has 3 aromatic rings. The molecule has 0 saturated carbocycles. The molecule has 2 aromatic carbocycles. The highest BCUT2D eigenvalue weighted by Gasteiger charge is 2.22. The number of nitrogens with zero attached hydrogens (tertiary/aromatic N) is 1. The summed E-state index contributed by atoms with van der Waals surface area (Å²) in [6, 6.07) is 12.4. The van der Waals surface area contributed by atoms with Gasteiger partial charge in [0.25, 0.3) is 0 Å². The molecule has 1 N–H and O–H groups in total. The minimum atomic E-state index is -0.285. The Morgan fingerprint density at radius 3 is 2.48 bits per heavy atom. The molecule has 5 heteroatoms. The first-order valence-electron chi connectivity index (χ1n) is 9.38. The molecule has 0 radical (unpaired) electrons. The summed E-state index contributed by atoms with van der Waals surface area (Å²) in [6.07, 6.45) is 0. The van der Waals surface area contributed by atoms with Crippen LogP contribution >= 0.6 is 0 Å². The highest BCUT2D eigenvalue weighted by molar-refractivity contribution is 5.84. The van der Waals surface area contributed by atoms with Crippen molar-refractivity contribution in [1.29, 1.82) is 0 Å². The second-order valence-corrected chi connectivity index (χ2v) is 7.44. The molecule has 0 unspecified atom stereocenters. The average Bonchev–Trinajstić information content (AvgIpc) is 2.62. The third-order valence-corrected chi connectivity index (χ3v) is 5.37. The van der Waals surface area contributed by atoms with E-state index in [2.05, 4.69) is 17.9 Å². The third kappa shape index (κ3) is 3.74. The maximum atomic E-state index is 13.1. The minimum Gasteiger partial charge on any atom is -0.423 e.